The van der Waals surface area contributed by atoms with Crippen molar-refractivity contribution in [2.24, 2.45) is 10.9 Å². The first kappa shape index (κ1) is 16.4. The molecule has 1 aliphatic heterocycles. The minimum absolute atomic E-state index is 0.113. The number of aliphatic imine (C=N–C) groups is 1. The zero-order valence-electron chi connectivity index (χ0n) is 12.6. The van der Waals surface area contributed by atoms with Gasteiger partial charge in [0, 0.05) is 12.7 Å². The van der Waals surface area contributed by atoms with E-state index in [0.717, 1.165) is 29.7 Å². The Kier molecular flexibility index (Phi) is 5.76. The Morgan fingerprint density at radius 3 is 3.05 bits per heavy atom. The van der Waals surface area contributed by atoms with E-state index in [-0.39, 0.29) is 12.7 Å². The third-order valence-corrected chi connectivity index (χ3v) is 4.49. The lowest BCUT2D eigenvalue weighted by Gasteiger charge is -2.34. The quantitative estimate of drug-likeness (QED) is 0.757. The molecule has 5 heteroatoms. The lowest BCUT2D eigenvalue weighted by molar-refractivity contribution is 0.0329. The monoisotopic (exact) mass is 356 g/mol. The number of nitrogens with zero attached hydrogens (tertiary/aromatic N) is 2. The van der Waals surface area contributed by atoms with E-state index >= 15 is 0 Å². The van der Waals surface area contributed by atoms with Crippen molar-refractivity contribution in [2.45, 2.75) is 32.3 Å². The molecule has 0 saturated heterocycles. The summed E-state index contributed by atoms with van der Waals surface area (Å²) in [7, 11) is 2.00. The van der Waals surface area contributed by atoms with E-state index in [9.17, 15) is 4.39 Å². The minimum atomic E-state index is -0.421. The molecule has 0 amide bonds. The van der Waals surface area contributed by atoms with E-state index in [0.29, 0.717) is 5.92 Å². The molecule has 0 saturated carbocycles. The van der Waals surface area contributed by atoms with Gasteiger partial charge in [-0.2, -0.15) is 0 Å². The van der Waals surface area contributed by atoms with Crippen molar-refractivity contribution < 1.29 is 9.13 Å². The van der Waals surface area contributed by atoms with Crippen LogP contribution < -0.4 is 0 Å². The van der Waals surface area contributed by atoms with Gasteiger partial charge >= 0.3 is 0 Å². The number of allylic oxidation sites excluding steroid dienone is 3. The number of halogens is 2. The molecule has 2 aliphatic rings. The highest BCUT2D eigenvalue weighted by Gasteiger charge is 2.27. The predicted molar refractivity (Wildman–Crippen MR) is 88.2 cm³/mol. The van der Waals surface area contributed by atoms with Crippen molar-refractivity contribution >= 4 is 20.6 Å². The molecule has 21 heavy (non-hydrogen) atoms. The van der Waals surface area contributed by atoms with Crippen molar-refractivity contribution in [2.75, 3.05) is 20.3 Å². The summed E-state index contributed by atoms with van der Waals surface area (Å²) in [5.41, 5.74) is 2.60. The average molecular weight is 357 g/mol. The third-order valence-electron chi connectivity index (χ3n) is 4.05. The lowest BCUT2D eigenvalue weighted by Crippen LogP contribution is -2.28. The highest BCUT2D eigenvalue weighted by molar-refractivity contribution is 9.18. The fraction of sp³-hybridized carbons (Fsp3) is 0.562. The van der Waals surface area contributed by atoms with Gasteiger partial charge in [-0.25, -0.2) is 9.38 Å². The van der Waals surface area contributed by atoms with Crippen molar-refractivity contribution in [1.82, 2.24) is 4.90 Å². The number of alkyl halides is 1. The van der Waals surface area contributed by atoms with Gasteiger partial charge in [0.15, 0.2) is 0 Å². The Morgan fingerprint density at radius 1 is 1.57 bits per heavy atom. The SMILES string of the molecule is C=C1N=C(Br)/C=C\C(C)C2=C(CCC(OCCF)C2)N1C. The van der Waals surface area contributed by atoms with Crippen LogP contribution in [0.1, 0.15) is 26.2 Å². The summed E-state index contributed by atoms with van der Waals surface area (Å²) < 4.78 is 18.7. The molecule has 0 spiro atoms. The first-order valence-electron chi connectivity index (χ1n) is 7.27. The Bertz CT molecular complexity index is 499. The summed E-state index contributed by atoms with van der Waals surface area (Å²) >= 11 is 3.44. The summed E-state index contributed by atoms with van der Waals surface area (Å²) in [4.78, 5) is 6.50. The van der Waals surface area contributed by atoms with Crippen LogP contribution in [-0.2, 0) is 4.74 Å². The molecule has 116 valence electrons. The topological polar surface area (TPSA) is 24.8 Å². The van der Waals surface area contributed by atoms with Crippen LogP contribution in [-0.4, -0.2) is 36.0 Å². The fourth-order valence-electron chi connectivity index (χ4n) is 2.84. The standard InChI is InChI=1S/C16H22BrFN2O/c1-11-4-7-16(17)19-12(2)20(3)15-6-5-13(10-14(11)15)21-9-8-18/h4,7,11,13H,2,5-6,8-10H2,1,3H3/b7-4-,19-16?. The Hall–Kier alpha value is -0.940. The zero-order valence-corrected chi connectivity index (χ0v) is 14.2. The smallest absolute Gasteiger partial charge is 0.126 e. The largest absolute Gasteiger partial charge is 0.375 e. The van der Waals surface area contributed by atoms with Crippen LogP contribution in [0.3, 0.4) is 0 Å². The summed E-state index contributed by atoms with van der Waals surface area (Å²) in [5, 5.41) is 0. The molecule has 0 N–H and O–H groups in total. The van der Waals surface area contributed by atoms with Gasteiger partial charge in [0.25, 0.3) is 0 Å². The van der Waals surface area contributed by atoms with Crippen LogP contribution in [0.5, 0.6) is 0 Å². The van der Waals surface area contributed by atoms with E-state index in [4.69, 9.17) is 4.74 Å². The molecule has 2 unspecified atom stereocenters. The van der Waals surface area contributed by atoms with Gasteiger partial charge in [0.05, 0.1) is 12.7 Å². The molecule has 0 bridgehead atoms. The molecule has 0 radical (unpaired) electrons. The van der Waals surface area contributed by atoms with Crippen molar-refractivity contribution in [1.29, 1.82) is 0 Å². The average Bonchev–Trinajstić information content (AvgIpc) is 2.52. The van der Waals surface area contributed by atoms with Crippen molar-refractivity contribution in [3.63, 3.8) is 0 Å². The van der Waals surface area contributed by atoms with Crippen LogP contribution >= 0.6 is 15.9 Å². The second-order valence-corrected chi connectivity index (χ2v) is 6.27. The molecule has 1 heterocycles. The summed E-state index contributed by atoms with van der Waals surface area (Å²) in [5.74, 6) is 1.02. The van der Waals surface area contributed by atoms with Gasteiger partial charge in [-0.3, -0.25) is 0 Å². The maximum absolute atomic E-state index is 12.3. The highest BCUT2D eigenvalue weighted by atomic mass is 79.9. The van der Waals surface area contributed by atoms with Gasteiger partial charge in [-0.05, 0) is 52.8 Å². The summed E-state index contributed by atoms with van der Waals surface area (Å²) in [6, 6.07) is 0. The second-order valence-electron chi connectivity index (χ2n) is 5.45. The molecule has 1 aliphatic carbocycles. The third kappa shape index (κ3) is 4.04. The Balaban J connectivity index is 2.28. The van der Waals surface area contributed by atoms with E-state index in [1.807, 2.05) is 13.1 Å². The minimum Gasteiger partial charge on any atom is -0.375 e. The van der Waals surface area contributed by atoms with Crippen LogP contribution in [0.2, 0.25) is 0 Å². The molecule has 2 atom stereocenters. The Labute approximate surface area is 134 Å². The van der Waals surface area contributed by atoms with Gasteiger partial charge in [0.2, 0.25) is 0 Å². The number of rotatable bonds is 3. The van der Waals surface area contributed by atoms with E-state index < -0.39 is 6.67 Å². The van der Waals surface area contributed by atoms with E-state index in [2.05, 4.69) is 45.4 Å². The normalized spacial score (nSPS) is 28.5. The van der Waals surface area contributed by atoms with Gasteiger partial charge in [-0.15, -0.1) is 0 Å². The highest BCUT2D eigenvalue weighted by Crippen LogP contribution is 2.35. The first-order chi connectivity index (χ1) is 10.0. The van der Waals surface area contributed by atoms with Gasteiger partial charge < -0.3 is 9.64 Å². The maximum Gasteiger partial charge on any atom is 0.126 e. The van der Waals surface area contributed by atoms with E-state index in [1.54, 1.807) is 0 Å². The van der Waals surface area contributed by atoms with Gasteiger partial charge in [-0.1, -0.05) is 19.6 Å². The number of hydrogen-bond donors (Lipinski definition) is 0. The van der Waals surface area contributed by atoms with Crippen LogP contribution in [0.25, 0.3) is 0 Å². The molecule has 0 aromatic rings. The molecular weight excluding hydrogens is 335 g/mol. The lowest BCUT2D eigenvalue weighted by atomic mass is 9.85. The maximum atomic E-state index is 12.3. The molecule has 0 fully saturated rings. The molecule has 0 aromatic carbocycles. The van der Waals surface area contributed by atoms with Crippen LogP contribution in [0.4, 0.5) is 4.39 Å². The second kappa shape index (κ2) is 7.36. The number of ether oxygens (including phenoxy) is 1. The molecule has 2 rings (SSSR count). The molecule has 3 nitrogen and oxygen atoms in total. The van der Waals surface area contributed by atoms with Gasteiger partial charge in [0.1, 0.15) is 17.1 Å². The number of hydrogen-bond acceptors (Lipinski definition) is 3. The van der Waals surface area contributed by atoms with Crippen LogP contribution in [0.15, 0.2) is 40.8 Å². The predicted octanol–water partition coefficient (Wildman–Crippen LogP) is 4.18. The van der Waals surface area contributed by atoms with Crippen molar-refractivity contribution in [3.05, 3.63) is 35.8 Å². The first-order valence-corrected chi connectivity index (χ1v) is 8.06. The Morgan fingerprint density at radius 2 is 2.33 bits per heavy atom. The summed E-state index contributed by atoms with van der Waals surface area (Å²) in [6.45, 7) is 5.97. The molecule has 0 aromatic heterocycles. The zero-order chi connectivity index (χ0) is 15.4. The molecular formula is C16H22BrFN2O. The van der Waals surface area contributed by atoms with Crippen LogP contribution in [0, 0.1) is 5.92 Å². The van der Waals surface area contributed by atoms with E-state index in [1.165, 1.54) is 11.3 Å². The van der Waals surface area contributed by atoms with Crippen molar-refractivity contribution in [3.8, 4) is 0 Å². The summed E-state index contributed by atoms with van der Waals surface area (Å²) in [6.07, 6.45) is 6.88. The fourth-order valence-corrected chi connectivity index (χ4v) is 3.20.